The molecule has 0 aliphatic heterocycles. The Balaban J connectivity index is 2.24. The Morgan fingerprint density at radius 1 is 1.53 bits per heavy atom. The molecule has 1 atom stereocenters. The van der Waals surface area contributed by atoms with Crippen molar-refractivity contribution in [2.45, 2.75) is 19.4 Å². The molecule has 0 bridgehead atoms. The van der Waals surface area contributed by atoms with Crippen molar-refractivity contribution in [2.75, 3.05) is 23.1 Å². The Morgan fingerprint density at radius 2 is 2.35 bits per heavy atom. The average Bonchev–Trinajstić information content (AvgIpc) is 2.75. The minimum Gasteiger partial charge on any atom is -0.397 e. The minimum absolute atomic E-state index is 0.452. The Bertz CT molecular complexity index is 494. The van der Waals surface area contributed by atoms with Crippen LogP contribution >= 0.6 is 11.8 Å². The summed E-state index contributed by atoms with van der Waals surface area (Å²) in [5, 5.41) is 11.5. The lowest BCUT2D eigenvalue weighted by atomic mass is 10.1. The number of anilines is 2. The number of benzene rings is 1. The summed E-state index contributed by atoms with van der Waals surface area (Å²) >= 11 is 1.84. The van der Waals surface area contributed by atoms with Crippen molar-refractivity contribution < 1.29 is 0 Å². The van der Waals surface area contributed by atoms with Crippen molar-refractivity contribution in [3.8, 4) is 0 Å². The number of nitrogen functional groups attached to an aromatic ring is 1. The monoisotopic (exact) mass is 250 g/mol. The molecule has 0 spiro atoms. The fourth-order valence-electron chi connectivity index (χ4n) is 1.82. The molecule has 1 aromatic carbocycles. The van der Waals surface area contributed by atoms with E-state index in [1.165, 1.54) is 0 Å². The van der Waals surface area contributed by atoms with Gasteiger partial charge in [-0.1, -0.05) is 6.92 Å². The van der Waals surface area contributed by atoms with Crippen molar-refractivity contribution in [3.05, 3.63) is 18.3 Å². The zero-order valence-electron chi connectivity index (χ0n) is 10.2. The van der Waals surface area contributed by atoms with Gasteiger partial charge in [-0.05, 0) is 24.8 Å². The highest BCUT2D eigenvalue weighted by Gasteiger charge is 2.09. The van der Waals surface area contributed by atoms with Crippen LogP contribution in [0.1, 0.15) is 13.3 Å². The van der Waals surface area contributed by atoms with E-state index in [0.717, 1.165) is 34.5 Å². The number of nitrogens with two attached hydrogens (primary N) is 1. The number of aromatic amines is 1. The second kappa shape index (κ2) is 5.31. The highest BCUT2D eigenvalue weighted by molar-refractivity contribution is 7.98. The summed E-state index contributed by atoms with van der Waals surface area (Å²) in [6, 6.07) is 4.43. The van der Waals surface area contributed by atoms with Crippen LogP contribution in [-0.2, 0) is 0 Å². The van der Waals surface area contributed by atoms with Crippen LogP contribution in [0.5, 0.6) is 0 Å². The first kappa shape index (κ1) is 12.1. The molecule has 0 saturated carbocycles. The number of nitrogens with one attached hydrogen (secondary N) is 2. The molecule has 2 aromatic rings. The summed E-state index contributed by atoms with van der Waals surface area (Å²) in [7, 11) is 0. The average molecular weight is 250 g/mol. The van der Waals surface area contributed by atoms with Gasteiger partial charge in [0.05, 0.1) is 23.1 Å². The third-order valence-corrected chi connectivity index (χ3v) is 3.57. The predicted octanol–water partition coefficient (Wildman–Crippen LogP) is 2.70. The molecule has 0 saturated heterocycles. The van der Waals surface area contributed by atoms with Crippen molar-refractivity contribution >= 4 is 34.0 Å². The molecule has 1 unspecified atom stereocenters. The van der Waals surface area contributed by atoms with E-state index in [1.54, 1.807) is 6.20 Å². The standard InChI is InChI=1S/C12H18N4S/c1-3-9(7-17-2)15-12-5-11-8(4-10(12)13)6-14-16-11/h4-6,9,15H,3,7,13H2,1-2H3,(H,14,16). The second-order valence-electron chi connectivity index (χ2n) is 4.10. The number of fused-ring (bicyclic) bond motifs is 1. The first-order valence-electron chi connectivity index (χ1n) is 5.72. The molecule has 0 aliphatic rings. The van der Waals surface area contributed by atoms with Gasteiger partial charge in [-0.2, -0.15) is 16.9 Å². The number of rotatable bonds is 5. The van der Waals surface area contributed by atoms with Crippen LogP contribution in [0.4, 0.5) is 11.4 Å². The maximum absolute atomic E-state index is 6.03. The highest BCUT2D eigenvalue weighted by Crippen LogP contribution is 2.25. The zero-order valence-corrected chi connectivity index (χ0v) is 11.0. The van der Waals surface area contributed by atoms with Gasteiger partial charge < -0.3 is 11.1 Å². The van der Waals surface area contributed by atoms with Gasteiger partial charge in [-0.25, -0.2) is 0 Å². The molecule has 0 radical (unpaired) electrons. The Hall–Kier alpha value is -1.36. The summed E-state index contributed by atoms with van der Waals surface area (Å²) in [4.78, 5) is 0. The molecule has 0 fully saturated rings. The van der Waals surface area contributed by atoms with E-state index in [0.29, 0.717) is 6.04 Å². The molecular formula is C12H18N4S. The molecule has 1 heterocycles. The van der Waals surface area contributed by atoms with Gasteiger partial charge >= 0.3 is 0 Å². The molecule has 0 amide bonds. The molecule has 4 N–H and O–H groups in total. The number of nitrogens with zero attached hydrogens (tertiary/aromatic N) is 1. The summed E-state index contributed by atoms with van der Waals surface area (Å²) in [5.41, 5.74) is 8.81. The fourth-order valence-corrected chi connectivity index (χ4v) is 2.54. The normalized spacial score (nSPS) is 12.8. The van der Waals surface area contributed by atoms with E-state index in [9.17, 15) is 0 Å². The topological polar surface area (TPSA) is 66.7 Å². The predicted molar refractivity (Wildman–Crippen MR) is 76.6 cm³/mol. The summed E-state index contributed by atoms with van der Waals surface area (Å²) in [6.45, 7) is 2.18. The van der Waals surface area contributed by atoms with E-state index >= 15 is 0 Å². The second-order valence-corrected chi connectivity index (χ2v) is 5.01. The van der Waals surface area contributed by atoms with E-state index in [2.05, 4.69) is 28.7 Å². The molecule has 5 heteroatoms. The van der Waals surface area contributed by atoms with Crippen molar-refractivity contribution in [2.24, 2.45) is 0 Å². The molecule has 92 valence electrons. The van der Waals surface area contributed by atoms with Crippen LogP contribution in [0.3, 0.4) is 0 Å². The maximum Gasteiger partial charge on any atom is 0.0672 e. The van der Waals surface area contributed by atoms with E-state index < -0.39 is 0 Å². The SMILES string of the molecule is CCC(CSC)Nc1cc2[nH]ncc2cc1N. The molecule has 0 aliphatic carbocycles. The summed E-state index contributed by atoms with van der Waals surface area (Å²) in [6.07, 6.45) is 4.99. The van der Waals surface area contributed by atoms with E-state index in [-0.39, 0.29) is 0 Å². The van der Waals surface area contributed by atoms with E-state index in [4.69, 9.17) is 5.73 Å². The number of aromatic nitrogens is 2. The van der Waals surface area contributed by atoms with Crippen molar-refractivity contribution in [3.63, 3.8) is 0 Å². The van der Waals surface area contributed by atoms with Crippen LogP contribution in [0.15, 0.2) is 18.3 Å². The molecular weight excluding hydrogens is 232 g/mol. The smallest absolute Gasteiger partial charge is 0.0672 e. The van der Waals surface area contributed by atoms with Crippen LogP contribution in [-0.4, -0.2) is 28.2 Å². The first-order chi connectivity index (χ1) is 8.24. The van der Waals surface area contributed by atoms with Gasteiger partial charge in [0.2, 0.25) is 0 Å². The minimum atomic E-state index is 0.452. The highest BCUT2D eigenvalue weighted by atomic mass is 32.2. The molecule has 2 rings (SSSR count). The number of thioether (sulfide) groups is 1. The third-order valence-electron chi connectivity index (χ3n) is 2.83. The van der Waals surface area contributed by atoms with Gasteiger partial charge in [0.15, 0.2) is 0 Å². The Labute approximate surface area is 105 Å². The Morgan fingerprint density at radius 3 is 3.06 bits per heavy atom. The zero-order chi connectivity index (χ0) is 12.3. The van der Waals surface area contributed by atoms with Crippen LogP contribution in [0.25, 0.3) is 10.9 Å². The van der Waals surface area contributed by atoms with Crippen LogP contribution in [0.2, 0.25) is 0 Å². The molecule has 1 aromatic heterocycles. The maximum atomic E-state index is 6.03. The van der Waals surface area contributed by atoms with Crippen LogP contribution in [0, 0.1) is 0 Å². The van der Waals surface area contributed by atoms with Gasteiger partial charge in [0, 0.05) is 17.2 Å². The van der Waals surface area contributed by atoms with Crippen molar-refractivity contribution in [1.29, 1.82) is 0 Å². The van der Waals surface area contributed by atoms with Gasteiger partial charge in [-0.15, -0.1) is 0 Å². The van der Waals surface area contributed by atoms with Crippen molar-refractivity contribution in [1.82, 2.24) is 10.2 Å². The van der Waals surface area contributed by atoms with Crippen LogP contribution < -0.4 is 11.1 Å². The lowest BCUT2D eigenvalue weighted by molar-refractivity contribution is 0.775. The number of hydrogen-bond donors (Lipinski definition) is 3. The molecule has 4 nitrogen and oxygen atoms in total. The van der Waals surface area contributed by atoms with Gasteiger partial charge in [0.25, 0.3) is 0 Å². The fraction of sp³-hybridized carbons (Fsp3) is 0.417. The quantitative estimate of drug-likeness (QED) is 0.714. The molecule has 17 heavy (non-hydrogen) atoms. The lowest BCUT2D eigenvalue weighted by Gasteiger charge is -2.18. The lowest BCUT2D eigenvalue weighted by Crippen LogP contribution is -2.21. The number of H-pyrrole nitrogens is 1. The van der Waals surface area contributed by atoms with E-state index in [1.807, 2.05) is 23.9 Å². The third kappa shape index (κ3) is 2.66. The largest absolute Gasteiger partial charge is 0.397 e. The Kier molecular flexibility index (Phi) is 3.78. The summed E-state index contributed by atoms with van der Waals surface area (Å²) in [5.74, 6) is 1.08. The summed E-state index contributed by atoms with van der Waals surface area (Å²) < 4.78 is 0. The number of hydrogen-bond acceptors (Lipinski definition) is 4. The van der Waals surface area contributed by atoms with Gasteiger partial charge in [0.1, 0.15) is 0 Å². The first-order valence-corrected chi connectivity index (χ1v) is 7.12. The van der Waals surface area contributed by atoms with Gasteiger partial charge in [-0.3, -0.25) is 5.10 Å².